The SMILES string of the molecule is O=C(NC1OCC(c2ccccc2)N2CCCCC12)c1occ2ccccc12. The monoisotopic (exact) mass is 376 g/mol. The summed E-state index contributed by atoms with van der Waals surface area (Å²) >= 11 is 0. The van der Waals surface area contributed by atoms with Crippen LogP contribution in [0, 0.1) is 0 Å². The normalized spacial score (nSPS) is 25.4. The van der Waals surface area contributed by atoms with Crippen molar-refractivity contribution in [1.29, 1.82) is 0 Å². The average molecular weight is 376 g/mol. The number of furan rings is 1. The highest BCUT2D eigenvalue weighted by Crippen LogP contribution is 2.35. The molecular formula is C23H24N2O3. The maximum Gasteiger partial charge on any atom is 0.289 e. The molecule has 2 aromatic carbocycles. The third-order valence-electron chi connectivity index (χ3n) is 5.95. The lowest BCUT2D eigenvalue weighted by Crippen LogP contribution is -2.60. The predicted molar refractivity (Wildman–Crippen MR) is 107 cm³/mol. The van der Waals surface area contributed by atoms with Crippen molar-refractivity contribution in [1.82, 2.24) is 10.2 Å². The molecule has 5 heteroatoms. The smallest absolute Gasteiger partial charge is 0.289 e. The van der Waals surface area contributed by atoms with Gasteiger partial charge in [0.1, 0.15) is 6.23 Å². The molecule has 0 bridgehead atoms. The summed E-state index contributed by atoms with van der Waals surface area (Å²) in [5.74, 6) is 0.140. The van der Waals surface area contributed by atoms with Gasteiger partial charge in [-0.1, -0.05) is 61.0 Å². The molecule has 0 radical (unpaired) electrons. The molecule has 2 aliphatic heterocycles. The topological polar surface area (TPSA) is 54.7 Å². The van der Waals surface area contributed by atoms with Crippen LogP contribution >= 0.6 is 0 Å². The summed E-state index contributed by atoms with van der Waals surface area (Å²) in [6.45, 7) is 1.61. The molecule has 3 heterocycles. The summed E-state index contributed by atoms with van der Waals surface area (Å²) in [4.78, 5) is 15.4. The first-order valence-corrected chi connectivity index (χ1v) is 10.0. The quantitative estimate of drug-likeness (QED) is 0.747. The Morgan fingerprint density at radius 3 is 2.75 bits per heavy atom. The second kappa shape index (κ2) is 7.41. The first kappa shape index (κ1) is 17.5. The molecule has 1 amide bonds. The Balaban J connectivity index is 1.37. The summed E-state index contributed by atoms with van der Waals surface area (Å²) in [5.41, 5.74) is 1.27. The van der Waals surface area contributed by atoms with E-state index in [4.69, 9.17) is 9.15 Å². The average Bonchev–Trinajstić information content (AvgIpc) is 3.19. The van der Waals surface area contributed by atoms with Crippen molar-refractivity contribution in [2.45, 2.75) is 37.6 Å². The van der Waals surface area contributed by atoms with Crippen LogP contribution < -0.4 is 5.32 Å². The maximum absolute atomic E-state index is 12.9. The molecule has 28 heavy (non-hydrogen) atoms. The van der Waals surface area contributed by atoms with Gasteiger partial charge in [-0.15, -0.1) is 0 Å². The minimum atomic E-state index is -0.323. The van der Waals surface area contributed by atoms with Gasteiger partial charge < -0.3 is 14.5 Å². The molecule has 3 aromatic rings. The molecule has 1 aromatic heterocycles. The van der Waals surface area contributed by atoms with E-state index in [9.17, 15) is 4.79 Å². The van der Waals surface area contributed by atoms with Crippen molar-refractivity contribution in [3.63, 3.8) is 0 Å². The Bertz CT molecular complexity index is 968. The van der Waals surface area contributed by atoms with Crippen molar-refractivity contribution < 1.29 is 13.9 Å². The maximum atomic E-state index is 12.9. The van der Waals surface area contributed by atoms with E-state index >= 15 is 0 Å². The number of amides is 1. The van der Waals surface area contributed by atoms with Crippen LogP contribution in [0.15, 0.2) is 65.3 Å². The number of nitrogens with one attached hydrogen (secondary N) is 1. The van der Waals surface area contributed by atoms with E-state index in [1.54, 1.807) is 6.26 Å². The molecule has 2 fully saturated rings. The lowest BCUT2D eigenvalue weighted by Gasteiger charge is -2.48. The zero-order valence-electron chi connectivity index (χ0n) is 15.7. The minimum Gasteiger partial charge on any atom is -0.458 e. The van der Waals surface area contributed by atoms with Gasteiger partial charge in [-0.25, -0.2) is 0 Å². The summed E-state index contributed by atoms with van der Waals surface area (Å²) < 4.78 is 11.7. The standard InChI is InChI=1S/C23H24N2O3/c26-22(21-18-11-5-4-10-17(18)14-27-21)24-23-19-12-6-7-13-25(19)20(15-28-23)16-8-2-1-3-9-16/h1-5,8-11,14,19-20,23H,6-7,12-13,15H2,(H,24,26). The van der Waals surface area contributed by atoms with E-state index in [2.05, 4.69) is 34.5 Å². The molecule has 5 rings (SSSR count). The Morgan fingerprint density at radius 2 is 1.86 bits per heavy atom. The Morgan fingerprint density at radius 1 is 1.04 bits per heavy atom. The molecule has 3 unspecified atom stereocenters. The number of carbonyl (C=O) groups is 1. The molecule has 144 valence electrons. The Kier molecular flexibility index (Phi) is 4.63. The summed E-state index contributed by atoms with van der Waals surface area (Å²) in [6, 6.07) is 18.6. The van der Waals surface area contributed by atoms with Gasteiger partial charge in [0.25, 0.3) is 5.91 Å². The van der Waals surface area contributed by atoms with Crippen LogP contribution in [0.1, 0.15) is 41.4 Å². The number of hydrogen-bond acceptors (Lipinski definition) is 4. The molecule has 0 saturated carbocycles. The third kappa shape index (κ3) is 3.11. The molecular weight excluding hydrogens is 352 g/mol. The van der Waals surface area contributed by atoms with Crippen LogP contribution in [0.4, 0.5) is 0 Å². The van der Waals surface area contributed by atoms with Gasteiger partial charge in [0.2, 0.25) is 0 Å². The van der Waals surface area contributed by atoms with Crippen LogP contribution in [0.3, 0.4) is 0 Å². The summed E-state index contributed by atoms with van der Waals surface area (Å²) in [7, 11) is 0. The molecule has 3 atom stereocenters. The van der Waals surface area contributed by atoms with Gasteiger partial charge in [-0.05, 0) is 24.9 Å². The van der Waals surface area contributed by atoms with Crippen molar-refractivity contribution >= 4 is 16.7 Å². The van der Waals surface area contributed by atoms with E-state index in [1.807, 2.05) is 30.3 Å². The highest BCUT2D eigenvalue weighted by atomic mass is 16.5. The van der Waals surface area contributed by atoms with Crippen LogP contribution in [0.5, 0.6) is 0 Å². The molecule has 0 aliphatic carbocycles. The van der Waals surface area contributed by atoms with Crippen LogP contribution in [-0.2, 0) is 4.74 Å². The van der Waals surface area contributed by atoms with E-state index in [1.165, 1.54) is 12.0 Å². The summed E-state index contributed by atoms with van der Waals surface area (Å²) in [6.07, 6.45) is 4.67. The zero-order valence-corrected chi connectivity index (χ0v) is 15.7. The van der Waals surface area contributed by atoms with Crippen molar-refractivity contribution in [2.75, 3.05) is 13.2 Å². The number of nitrogens with zero attached hydrogens (tertiary/aromatic N) is 1. The third-order valence-corrected chi connectivity index (χ3v) is 5.95. The van der Waals surface area contributed by atoms with E-state index in [0.29, 0.717) is 12.4 Å². The number of carbonyl (C=O) groups excluding carboxylic acids is 1. The highest BCUT2D eigenvalue weighted by Gasteiger charge is 2.41. The lowest BCUT2D eigenvalue weighted by molar-refractivity contribution is -0.126. The Labute approximate surface area is 164 Å². The fourth-order valence-corrected chi connectivity index (χ4v) is 4.56. The van der Waals surface area contributed by atoms with Gasteiger partial charge in [-0.2, -0.15) is 0 Å². The molecule has 1 N–H and O–H groups in total. The number of piperidine rings is 1. The van der Waals surface area contributed by atoms with Crippen LogP contribution in [0.2, 0.25) is 0 Å². The Hall–Kier alpha value is -2.63. The summed E-state index contributed by atoms with van der Waals surface area (Å²) in [5, 5.41) is 4.85. The van der Waals surface area contributed by atoms with Gasteiger partial charge in [-0.3, -0.25) is 9.69 Å². The zero-order chi connectivity index (χ0) is 18.9. The molecule has 2 aliphatic rings. The van der Waals surface area contributed by atoms with E-state index in [-0.39, 0.29) is 24.2 Å². The predicted octanol–water partition coefficient (Wildman–Crippen LogP) is 4.11. The number of hydrogen-bond donors (Lipinski definition) is 1. The van der Waals surface area contributed by atoms with E-state index < -0.39 is 0 Å². The number of fused-ring (bicyclic) bond motifs is 2. The number of ether oxygens (including phenoxy) is 1. The van der Waals surface area contributed by atoms with Crippen LogP contribution in [0.25, 0.3) is 10.8 Å². The van der Waals surface area contributed by atoms with Crippen LogP contribution in [-0.4, -0.2) is 36.2 Å². The highest BCUT2D eigenvalue weighted by molar-refractivity contribution is 6.04. The number of rotatable bonds is 3. The minimum absolute atomic E-state index is 0.179. The van der Waals surface area contributed by atoms with Gasteiger partial charge in [0.15, 0.2) is 5.76 Å². The molecule has 0 spiro atoms. The van der Waals surface area contributed by atoms with E-state index in [0.717, 1.165) is 30.2 Å². The number of morpholine rings is 1. The second-order valence-corrected chi connectivity index (χ2v) is 7.61. The molecule has 2 saturated heterocycles. The van der Waals surface area contributed by atoms with Gasteiger partial charge in [0, 0.05) is 10.8 Å². The first-order valence-electron chi connectivity index (χ1n) is 10.0. The van der Waals surface area contributed by atoms with Gasteiger partial charge in [0.05, 0.1) is 25.0 Å². The largest absolute Gasteiger partial charge is 0.458 e. The fraction of sp³-hybridized carbons (Fsp3) is 0.348. The second-order valence-electron chi connectivity index (χ2n) is 7.61. The van der Waals surface area contributed by atoms with Crippen molar-refractivity contribution in [3.05, 3.63) is 72.2 Å². The van der Waals surface area contributed by atoms with Crippen molar-refractivity contribution in [3.8, 4) is 0 Å². The molecule has 5 nitrogen and oxygen atoms in total. The van der Waals surface area contributed by atoms with Gasteiger partial charge >= 0.3 is 0 Å². The lowest BCUT2D eigenvalue weighted by atomic mass is 9.93. The van der Waals surface area contributed by atoms with Crippen molar-refractivity contribution in [2.24, 2.45) is 0 Å². The fourth-order valence-electron chi connectivity index (χ4n) is 4.56. The first-order chi connectivity index (χ1) is 13.8. The number of benzene rings is 2.